The van der Waals surface area contributed by atoms with Crippen LogP contribution >= 0.6 is 0 Å². The lowest BCUT2D eigenvalue weighted by atomic mass is 9.98. The second-order valence-corrected chi connectivity index (χ2v) is 4.54. The maximum atomic E-state index is 12.0. The fourth-order valence-electron chi connectivity index (χ4n) is 2.21. The summed E-state index contributed by atoms with van der Waals surface area (Å²) >= 11 is 0. The molecule has 2 rings (SSSR count). The van der Waals surface area contributed by atoms with Gasteiger partial charge in [0.2, 0.25) is 5.91 Å². The van der Waals surface area contributed by atoms with Crippen molar-refractivity contribution in [3.05, 3.63) is 18.5 Å². The van der Waals surface area contributed by atoms with Crippen LogP contribution in [0.15, 0.2) is 18.5 Å². The van der Waals surface area contributed by atoms with Crippen molar-refractivity contribution in [2.45, 2.75) is 25.8 Å². The van der Waals surface area contributed by atoms with Crippen LogP contribution in [0.1, 0.15) is 19.3 Å². The predicted octanol–water partition coefficient (Wildman–Crippen LogP) is 0.596. The van der Waals surface area contributed by atoms with E-state index in [2.05, 4.69) is 5.10 Å². The summed E-state index contributed by atoms with van der Waals surface area (Å²) in [7, 11) is 0. The molecule has 0 radical (unpaired) electrons. The second-order valence-electron chi connectivity index (χ2n) is 4.54. The Labute approximate surface area is 105 Å². The number of aliphatic carboxylic acids is 1. The number of carbonyl (C=O) groups is 2. The average Bonchev–Trinajstić information content (AvgIpc) is 2.89. The highest BCUT2D eigenvalue weighted by molar-refractivity contribution is 5.77. The number of carboxylic acid groups (broad SMARTS) is 1. The molecule has 1 aliphatic rings. The van der Waals surface area contributed by atoms with Gasteiger partial charge in [-0.2, -0.15) is 5.10 Å². The minimum Gasteiger partial charge on any atom is -0.481 e. The number of aromatic nitrogens is 2. The van der Waals surface area contributed by atoms with E-state index in [9.17, 15) is 9.59 Å². The zero-order valence-corrected chi connectivity index (χ0v) is 10.2. The summed E-state index contributed by atoms with van der Waals surface area (Å²) in [6.45, 7) is 1.55. The van der Waals surface area contributed by atoms with Gasteiger partial charge in [-0.3, -0.25) is 14.3 Å². The first-order chi connectivity index (χ1) is 8.66. The molecule has 1 amide bonds. The molecule has 0 saturated carbocycles. The molecular formula is C12H17N3O3. The highest BCUT2D eigenvalue weighted by Gasteiger charge is 2.27. The molecule has 6 nitrogen and oxygen atoms in total. The minimum atomic E-state index is -0.806. The Balaban J connectivity index is 1.83. The van der Waals surface area contributed by atoms with Crippen molar-refractivity contribution in [3.8, 4) is 0 Å². The van der Waals surface area contributed by atoms with E-state index in [1.54, 1.807) is 15.8 Å². The summed E-state index contributed by atoms with van der Waals surface area (Å²) in [5.74, 6) is -1.21. The van der Waals surface area contributed by atoms with Crippen molar-refractivity contribution in [2.75, 3.05) is 13.1 Å². The van der Waals surface area contributed by atoms with Crippen LogP contribution in [0, 0.1) is 5.92 Å². The van der Waals surface area contributed by atoms with Crippen LogP contribution in [0.4, 0.5) is 0 Å². The maximum absolute atomic E-state index is 12.0. The molecule has 1 N–H and O–H groups in total. The Morgan fingerprint density at radius 2 is 2.28 bits per heavy atom. The summed E-state index contributed by atoms with van der Waals surface area (Å²) in [6, 6.07) is 1.81. The predicted molar refractivity (Wildman–Crippen MR) is 63.8 cm³/mol. The molecule has 6 heteroatoms. The Morgan fingerprint density at radius 1 is 1.44 bits per heavy atom. The van der Waals surface area contributed by atoms with Crippen LogP contribution < -0.4 is 0 Å². The number of carbonyl (C=O) groups excluding carboxylic acids is 1. The van der Waals surface area contributed by atoms with Crippen molar-refractivity contribution in [2.24, 2.45) is 5.92 Å². The summed E-state index contributed by atoms with van der Waals surface area (Å²) < 4.78 is 1.70. The summed E-state index contributed by atoms with van der Waals surface area (Å²) in [4.78, 5) is 24.5. The van der Waals surface area contributed by atoms with Crippen molar-refractivity contribution in [3.63, 3.8) is 0 Å². The van der Waals surface area contributed by atoms with Crippen LogP contribution in [-0.2, 0) is 16.1 Å². The molecule has 1 aliphatic heterocycles. The molecule has 1 fully saturated rings. The lowest BCUT2D eigenvalue weighted by molar-refractivity contribution is -0.145. The minimum absolute atomic E-state index is 0.0106. The molecule has 1 aromatic heterocycles. The van der Waals surface area contributed by atoms with Crippen molar-refractivity contribution in [1.29, 1.82) is 0 Å². The van der Waals surface area contributed by atoms with E-state index in [0.717, 1.165) is 6.42 Å². The third kappa shape index (κ3) is 3.09. The van der Waals surface area contributed by atoms with E-state index >= 15 is 0 Å². The van der Waals surface area contributed by atoms with Gasteiger partial charge in [0.15, 0.2) is 0 Å². The molecule has 0 unspecified atom stereocenters. The molecule has 0 bridgehead atoms. The van der Waals surface area contributed by atoms with E-state index in [1.807, 2.05) is 12.3 Å². The number of likely N-dealkylation sites (tertiary alicyclic amines) is 1. The average molecular weight is 251 g/mol. The van der Waals surface area contributed by atoms with E-state index in [4.69, 9.17) is 5.11 Å². The number of hydrogen-bond donors (Lipinski definition) is 1. The van der Waals surface area contributed by atoms with Gasteiger partial charge >= 0.3 is 5.97 Å². The highest BCUT2D eigenvalue weighted by atomic mass is 16.4. The first-order valence-corrected chi connectivity index (χ1v) is 6.15. The molecule has 1 atom stereocenters. The highest BCUT2D eigenvalue weighted by Crippen LogP contribution is 2.17. The maximum Gasteiger partial charge on any atom is 0.308 e. The first kappa shape index (κ1) is 12.6. The van der Waals surface area contributed by atoms with E-state index in [0.29, 0.717) is 32.5 Å². The standard InChI is InChI=1S/C12H17N3O3/c16-11(4-8-15-7-2-5-13-15)14-6-1-3-10(9-14)12(17)18/h2,5,7,10H,1,3-4,6,8-9H2,(H,17,18)/t10-/m1/s1. The Kier molecular flexibility index (Phi) is 3.96. The van der Waals surface area contributed by atoms with Crippen molar-refractivity contribution in [1.82, 2.24) is 14.7 Å². The number of carboxylic acids is 1. The van der Waals surface area contributed by atoms with Gasteiger partial charge in [-0.05, 0) is 18.9 Å². The van der Waals surface area contributed by atoms with E-state index in [1.165, 1.54) is 0 Å². The van der Waals surface area contributed by atoms with Gasteiger partial charge in [0.05, 0.1) is 5.92 Å². The number of hydrogen-bond acceptors (Lipinski definition) is 3. The third-order valence-electron chi connectivity index (χ3n) is 3.24. The molecule has 98 valence electrons. The summed E-state index contributed by atoms with van der Waals surface area (Å²) in [5, 5.41) is 13.0. The molecular weight excluding hydrogens is 234 g/mol. The monoisotopic (exact) mass is 251 g/mol. The fraction of sp³-hybridized carbons (Fsp3) is 0.583. The first-order valence-electron chi connectivity index (χ1n) is 6.15. The fourth-order valence-corrected chi connectivity index (χ4v) is 2.21. The number of rotatable bonds is 4. The zero-order chi connectivity index (χ0) is 13.0. The molecule has 0 spiro atoms. The molecule has 18 heavy (non-hydrogen) atoms. The van der Waals surface area contributed by atoms with Crippen LogP contribution in [-0.4, -0.2) is 44.8 Å². The quantitative estimate of drug-likeness (QED) is 0.850. The molecule has 2 heterocycles. The van der Waals surface area contributed by atoms with Crippen LogP contribution in [0.25, 0.3) is 0 Å². The molecule has 0 aliphatic carbocycles. The van der Waals surface area contributed by atoms with Crippen LogP contribution in [0.2, 0.25) is 0 Å². The Hall–Kier alpha value is -1.85. The molecule has 0 aromatic carbocycles. The van der Waals surface area contributed by atoms with Gasteiger partial charge < -0.3 is 10.0 Å². The number of amides is 1. The van der Waals surface area contributed by atoms with Crippen LogP contribution in [0.3, 0.4) is 0 Å². The van der Waals surface area contributed by atoms with Gasteiger partial charge in [0, 0.05) is 38.4 Å². The third-order valence-corrected chi connectivity index (χ3v) is 3.24. The van der Waals surface area contributed by atoms with Gasteiger partial charge in [-0.15, -0.1) is 0 Å². The Bertz CT molecular complexity index is 416. The smallest absolute Gasteiger partial charge is 0.308 e. The molecule has 1 aromatic rings. The van der Waals surface area contributed by atoms with Gasteiger partial charge in [-0.1, -0.05) is 0 Å². The van der Waals surface area contributed by atoms with Gasteiger partial charge in [0.1, 0.15) is 0 Å². The lowest BCUT2D eigenvalue weighted by Crippen LogP contribution is -2.42. The normalized spacial score (nSPS) is 19.8. The molecule has 1 saturated heterocycles. The SMILES string of the molecule is O=C(O)[C@@H]1CCCN(C(=O)CCn2cccn2)C1. The largest absolute Gasteiger partial charge is 0.481 e. The van der Waals surface area contributed by atoms with Crippen LogP contribution in [0.5, 0.6) is 0 Å². The van der Waals surface area contributed by atoms with E-state index < -0.39 is 11.9 Å². The topological polar surface area (TPSA) is 75.4 Å². The van der Waals surface area contributed by atoms with Crippen molar-refractivity contribution < 1.29 is 14.7 Å². The van der Waals surface area contributed by atoms with Crippen molar-refractivity contribution >= 4 is 11.9 Å². The summed E-state index contributed by atoms with van der Waals surface area (Å²) in [6.07, 6.45) is 5.28. The van der Waals surface area contributed by atoms with Gasteiger partial charge in [0.25, 0.3) is 0 Å². The number of nitrogens with zero attached hydrogens (tertiary/aromatic N) is 3. The number of aryl methyl sites for hydroxylation is 1. The second kappa shape index (κ2) is 5.66. The summed E-state index contributed by atoms with van der Waals surface area (Å²) in [5.41, 5.74) is 0. The van der Waals surface area contributed by atoms with Gasteiger partial charge in [-0.25, -0.2) is 0 Å². The van der Waals surface area contributed by atoms with E-state index in [-0.39, 0.29) is 5.91 Å². The lowest BCUT2D eigenvalue weighted by Gasteiger charge is -2.30. The number of piperidine rings is 1. The zero-order valence-electron chi connectivity index (χ0n) is 10.2. The Morgan fingerprint density at radius 3 is 2.94 bits per heavy atom.